The zero-order valence-corrected chi connectivity index (χ0v) is 10.1. The van der Waals surface area contributed by atoms with Gasteiger partial charge in [0.2, 0.25) is 0 Å². The molecule has 0 aromatic carbocycles. The molecule has 0 N–H and O–H groups in total. The first kappa shape index (κ1) is 10.3. The molecule has 0 amide bonds. The van der Waals surface area contributed by atoms with Gasteiger partial charge >= 0.3 is 0 Å². The van der Waals surface area contributed by atoms with Gasteiger partial charge in [0.1, 0.15) is 11.6 Å². The predicted molar refractivity (Wildman–Crippen MR) is 61.9 cm³/mol. The molecule has 16 heavy (non-hydrogen) atoms. The van der Waals surface area contributed by atoms with Crippen molar-refractivity contribution in [3.05, 3.63) is 16.7 Å². The highest BCUT2D eigenvalue weighted by atomic mass is 35.5. The fourth-order valence-electron chi connectivity index (χ4n) is 2.66. The lowest BCUT2D eigenvalue weighted by molar-refractivity contribution is -0.118. The first-order valence-corrected chi connectivity index (χ1v) is 6.32. The van der Waals surface area contributed by atoms with E-state index in [4.69, 9.17) is 11.6 Å². The van der Waals surface area contributed by atoms with Crippen LogP contribution in [0.1, 0.15) is 56.0 Å². The van der Waals surface area contributed by atoms with Crippen LogP contribution in [0.4, 0.5) is 0 Å². The molecule has 86 valence electrons. The molecule has 1 aliphatic heterocycles. The summed E-state index contributed by atoms with van der Waals surface area (Å²) in [5.74, 6) is 1.90. The second kappa shape index (κ2) is 3.59. The topological polar surface area (TPSA) is 34.9 Å². The Balaban J connectivity index is 2.09. The summed E-state index contributed by atoms with van der Waals surface area (Å²) in [5, 5.41) is 0.557. The molecule has 2 heterocycles. The molecule has 1 aromatic heterocycles. The minimum Gasteiger partial charge on any atom is -0.330 e. The first-order chi connectivity index (χ1) is 7.68. The van der Waals surface area contributed by atoms with E-state index in [9.17, 15) is 4.79 Å². The van der Waals surface area contributed by atoms with E-state index >= 15 is 0 Å². The fraction of sp³-hybridized carbons (Fsp3) is 0.667. The van der Waals surface area contributed by atoms with Crippen LogP contribution in [0.5, 0.6) is 0 Å². The van der Waals surface area contributed by atoms with E-state index in [1.807, 2.05) is 0 Å². The lowest BCUT2D eigenvalue weighted by Gasteiger charge is -2.23. The van der Waals surface area contributed by atoms with Crippen molar-refractivity contribution in [2.45, 2.75) is 51.0 Å². The molecule has 0 saturated heterocycles. The zero-order valence-electron chi connectivity index (χ0n) is 9.37. The number of fused-ring (bicyclic) bond motifs is 1. The largest absolute Gasteiger partial charge is 0.330 e. The Labute approximate surface area is 99.8 Å². The van der Waals surface area contributed by atoms with Crippen molar-refractivity contribution in [3.63, 3.8) is 0 Å². The maximum atomic E-state index is 11.6. The van der Waals surface area contributed by atoms with Gasteiger partial charge in [-0.3, -0.25) is 4.79 Å². The number of hydrogen-bond donors (Lipinski definition) is 0. The van der Waals surface area contributed by atoms with Crippen molar-refractivity contribution in [1.29, 1.82) is 0 Å². The number of halogens is 1. The van der Waals surface area contributed by atoms with Gasteiger partial charge < -0.3 is 4.57 Å². The third kappa shape index (κ3) is 1.49. The fourth-order valence-corrected chi connectivity index (χ4v) is 2.98. The number of Topliss-reactive ketones (excluding diaryl/α,β-unsaturated/α-hetero) is 1. The van der Waals surface area contributed by atoms with E-state index in [0.29, 0.717) is 11.1 Å². The number of imidazole rings is 1. The summed E-state index contributed by atoms with van der Waals surface area (Å²) in [6.45, 7) is 2.63. The van der Waals surface area contributed by atoms with E-state index < -0.39 is 0 Å². The summed E-state index contributed by atoms with van der Waals surface area (Å²) in [6, 6.07) is 0. The molecular formula is C12H15ClN2O. The molecule has 1 unspecified atom stereocenters. The molecule has 0 bridgehead atoms. The van der Waals surface area contributed by atoms with Crippen LogP contribution >= 0.6 is 11.6 Å². The van der Waals surface area contributed by atoms with Crippen molar-refractivity contribution in [3.8, 4) is 0 Å². The Bertz CT molecular complexity index is 448. The number of hydrogen-bond acceptors (Lipinski definition) is 2. The molecule has 1 aromatic rings. The summed E-state index contributed by atoms with van der Waals surface area (Å²) < 4.78 is 2.20. The Kier molecular flexibility index (Phi) is 2.32. The number of carbonyl (C=O) groups is 1. The number of rotatable bonds is 2. The second-order valence-corrected chi connectivity index (χ2v) is 5.24. The zero-order chi connectivity index (χ0) is 11.3. The maximum Gasteiger partial charge on any atom is 0.151 e. The molecule has 3 rings (SSSR count). The predicted octanol–water partition coefficient (Wildman–Crippen LogP) is 2.88. The smallest absolute Gasteiger partial charge is 0.151 e. The lowest BCUT2D eigenvalue weighted by Crippen LogP contribution is -2.21. The van der Waals surface area contributed by atoms with E-state index in [2.05, 4.69) is 9.55 Å². The van der Waals surface area contributed by atoms with Gasteiger partial charge in [-0.1, -0.05) is 11.6 Å². The molecule has 3 nitrogen and oxygen atoms in total. The molecule has 0 radical (unpaired) electrons. The lowest BCUT2D eigenvalue weighted by atomic mass is 9.93. The number of carbonyl (C=O) groups excluding carboxylic acids is 1. The highest BCUT2D eigenvalue weighted by Gasteiger charge is 2.35. The van der Waals surface area contributed by atoms with Gasteiger partial charge in [0.15, 0.2) is 5.15 Å². The average molecular weight is 239 g/mol. The van der Waals surface area contributed by atoms with Crippen molar-refractivity contribution in [2.24, 2.45) is 0 Å². The van der Waals surface area contributed by atoms with Crippen molar-refractivity contribution in [1.82, 2.24) is 9.55 Å². The SMILES string of the molecule is CC(=O)C1CCCn2c(C3CC3)nc(Cl)c21. The highest BCUT2D eigenvalue weighted by Crippen LogP contribution is 2.44. The van der Waals surface area contributed by atoms with Crippen molar-refractivity contribution < 1.29 is 4.79 Å². The molecule has 4 heteroatoms. The van der Waals surface area contributed by atoms with E-state index in [-0.39, 0.29) is 11.7 Å². The Hall–Kier alpha value is -0.830. The highest BCUT2D eigenvalue weighted by molar-refractivity contribution is 6.30. The Morgan fingerprint density at radius 3 is 2.81 bits per heavy atom. The van der Waals surface area contributed by atoms with Crippen LogP contribution in [0.25, 0.3) is 0 Å². The summed E-state index contributed by atoms with van der Waals surface area (Å²) in [4.78, 5) is 16.1. The maximum absolute atomic E-state index is 11.6. The van der Waals surface area contributed by atoms with E-state index in [1.165, 1.54) is 12.8 Å². The number of ketones is 1. The van der Waals surface area contributed by atoms with Crippen LogP contribution < -0.4 is 0 Å². The normalized spacial score (nSPS) is 24.2. The number of nitrogens with zero attached hydrogens (tertiary/aromatic N) is 2. The van der Waals surface area contributed by atoms with Crippen LogP contribution in [-0.4, -0.2) is 15.3 Å². The van der Waals surface area contributed by atoms with Gasteiger partial charge in [0, 0.05) is 12.5 Å². The minimum atomic E-state index is -0.0266. The average Bonchev–Trinajstić information content (AvgIpc) is 3.04. The van der Waals surface area contributed by atoms with Crippen molar-refractivity contribution >= 4 is 17.4 Å². The third-order valence-corrected chi connectivity index (χ3v) is 3.91. The van der Waals surface area contributed by atoms with Gasteiger partial charge in [0.05, 0.1) is 11.6 Å². The molecule has 1 fully saturated rings. The Morgan fingerprint density at radius 2 is 2.19 bits per heavy atom. The van der Waals surface area contributed by atoms with E-state index in [0.717, 1.165) is 30.9 Å². The Morgan fingerprint density at radius 1 is 1.44 bits per heavy atom. The summed E-state index contributed by atoms with van der Waals surface area (Å²) in [6.07, 6.45) is 4.42. The van der Waals surface area contributed by atoms with Crippen LogP contribution in [0.15, 0.2) is 0 Å². The molecule has 0 spiro atoms. The van der Waals surface area contributed by atoms with Gasteiger partial charge in [-0.2, -0.15) is 0 Å². The van der Waals surface area contributed by atoms with E-state index in [1.54, 1.807) is 6.92 Å². The summed E-state index contributed by atoms with van der Waals surface area (Å²) in [5.41, 5.74) is 0.974. The molecule has 1 aliphatic carbocycles. The first-order valence-electron chi connectivity index (χ1n) is 5.94. The van der Waals surface area contributed by atoms with Crippen LogP contribution in [-0.2, 0) is 11.3 Å². The quantitative estimate of drug-likeness (QED) is 0.794. The van der Waals surface area contributed by atoms with Crippen molar-refractivity contribution in [2.75, 3.05) is 0 Å². The number of aromatic nitrogens is 2. The molecule has 1 saturated carbocycles. The van der Waals surface area contributed by atoms with Gasteiger partial charge in [-0.15, -0.1) is 0 Å². The molecular weight excluding hydrogens is 224 g/mol. The van der Waals surface area contributed by atoms with Gasteiger partial charge in [0.25, 0.3) is 0 Å². The monoisotopic (exact) mass is 238 g/mol. The van der Waals surface area contributed by atoms with Crippen LogP contribution in [0.3, 0.4) is 0 Å². The van der Waals surface area contributed by atoms with Crippen LogP contribution in [0.2, 0.25) is 5.15 Å². The summed E-state index contributed by atoms with van der Waals surface area (Å²) in [7, 11) is 0. The second-order valence-electron chi connectivity index (χ2n) is 4.88. The van der Waals surface area contributed by atoms with Gasteiger partial charge in [-0.05, 0) is 32.6 Å². The third-order valence-electron chi connectivity index (χ3n) is 3.63. The van der Waals surface area contributed by atoms with Gasteiger partial charge in [-0.25, -0.2) is 4.98 Å². The molecule has 2 aliphatic rings. The van der Waals surface area contributed by atoms with Crippen LogP contribution in [0, 0.1) is 0 Å². The summed E-state index contributed by atoms with van der Waals surface area (Å²) >= 11 is 6.19. The molecule has 1 atom stereocenters. The minimum absolute atomic E-state index is 0.0266. The standard InChI is InChI=1S/C12H15ClN2O/c1-7(16)9-3-2-6-15-10(9)11(13)14-12(15)8-4-5-8/h8-9H,2-6H2,1H3.